The number of benzene rings is 1. The molecule has 0 atom stereocenters. The lowest BCUT2D eigenvalue weighted by atomic mass is 10.2. The molecule has 1 N–H and O–H groups in total. The van der Waals surface area contributed by atoms with Crippen LogP contribution in [0.25, 0.3) is 0 Å². The van der Waals surface area contributed by atoms with Crippen LogP contribution in [0.3, 0.4) is 0 Å². The average Bonchev–Trinajstić information content (AvgIpc) is 2.55. The summed E-state index contributed by atoms with van der Waals surface area (Å²) in [5.41, 5.74) is 0.983. The van der Waals surface area contributed by atoms with Crippen LogP contribution >= 0.6 is 0 Å². The van der Waals surface area contributed by atoms with Gasteiger partial charge in [0.1, 0.15) is 11.6 Å². The number of aromatic nitrogens is 2. The second-order valence-electron chi connectivity index (χ2n) is 4.82. The summed E-state index contributed by atoms with van der Waals surface area (Å²) in [6.45, 7) is 3.69. The van der Waals surface area contributed by atoms with Crippen LogP contribution in [0.2, 0.25) is 0 Å². The number of anilines is 2. The van der Waals surface area contributed by atoms with Gasteiger partial charge in [-0.15, -0.1) is 0 Å². The third-order valence-corrected chi connectivity index (χ3v) is 3.34. The first kappa shape index (κ1) is 13.8. The van der Waals surface area contributed by atoms with Crippen molar-refractivity contribution in [2.24, 2.45) is 0 Å². The Kier molecular flexibility index (Phi) is 4.25. The van der Waals surface area contributed by atoms with Crippen molar-refractivity contribution >= 4 is 11.8 Å². The summed E-state index contributed by atoms with van der Waals surface area (Å²) < 4.78 is 18.2. The molecule has 0 saturated carbocycles. The molecular weight excluding hydrogens is 271 g/mol. The number of halogens is 1. The van der Waals surface area contributed by atoms with E-state index in [-0.39, 0.29) is 5.82 Å². The number of ether oxygens (including phenoxy) is 1. The zero-order valence-electron chi connectivity index (χ0n) is 11.6. The third-order valence-electron chi connectivity index (χ3n) is 3.34. The molecule has 21 heavy (non-hydrogen) atoms. The lowest BCUT2D eigenvalue weighted by Gasteiger charge is -2.27. The lowest BCUT2D eigenvalue weighted by molar-refractivity contribution is 0.122. The Balaban J connectivity index is 1.64. The van der Waals surface area contributed by atoms with Gasteiger partial charge in [-0.2, -0.15) is 4.98 Å². The van der Waals surface area contributed by atoms with Gasteiger partial charge in [-0.3, -0.25) is 0 Å². The molecule has 0 bridgehead atoms. The highest BCUT2D eigenvalue weighted by Crippen LogP contribution is 2.14. The summed E-state index contributed by atoms with van der Waals surface area (Å²) in [4.78, 5) is 10.9. The van der Waals surface area contributed by atoms with Crippen LogP contribution in [0.4, 0.5) is 16.2 Å². The lowest BCUT2D eigenvalue weighted by Crippen LogP contribution is -2.36. The van der Waals surface area contributed by atoms with Gasteiger partial charge >= 0.3 is 0 Å². The molecule has 0 amide bonds. The van der Waals surface area contributed by atoms with Crippen molar-refractivity contribution in [3.05, 3.63) is 47.9 Å². The Morgan fingerprint density at radius 1 is 1.14 bits per heavy atom. The zero-order chi connectivity index (χ0) is 14.5. The van der Waals surface area contributed by atoms with Gasteiger partial charge in [0.15, 0.2) is 0 Å². The predicted molar refractivity (Wildman–Crippen MR) is 78.8 cm³/mol. The Labute approximate surface area is 122 Å². The van der Waals surface area contributed by atoms with E-state index in [1.807, 2.05) is 6.07 Å². The average molecular weight is 288 g/mol. The molecule has 2 heterocycles. The molecule has 1 aliphatic rings. The maximum atomic E-state index is 12.8. The molecule has 0 aliphatic carbocycles. The molecule has 0 radical (unpaired) electrons. The Bertz CT molecular complexity index is 584. The van der Waals surface area contributed by atoms with E-state index in [1.54, 1.807) is 18.3 Å². The second kappa shape index (κ2) is 6.49. The van der Waals surface area contributed by atoms with E-state index < -0.39 is 0 Å². The zero-order valence-corrected chi connectivity index (χ0v) is 11.6. The quantitative estimate of drug-likeness (QED) is 0.933. The summed E-state index contributed by atoms with van der Waals surface area (Å²) in [6, 6.07) is 8.28. The number of hydrogen-bond donors (Lipinski definition) is 1. The van der Waals surface area contributed by atoms with Crippen molar-refractivity contribution < 1.29 is 9.13 Å². The Hall–Kier alpha value is -2.21. The van der Waals surface area contributed by atoms with Gasteiger partial charge in [-0.25, -0.2) is 9.37 Å². The smallest absolute Gasteiger partial charge is 0.224 e. The fourth-order valence-electron chi connectivity index (χ4n) is 2.19. The van der Waals surface area contributed by atoms with Gasteiger partial charge in [0, 0.05) is 25.8 Å². The minimum absolute atomic E-state index is 0.232. The molecular formula is C15H17FN4O. The summed E-state index contributed by atoms with van der Waals surface area (Å²) in [5, 5.41) is 3.16. The summed E-state index contributed by atoms with van der Waals surface area (Å²) in [7, 11) is 0. The van der Waals surface area contributed by atoms with Crippen LogP contribution in [-0.4, -0.2) is 36.3 Å². The molecule has 2 aromatic rings. The topological polar surface area (TPSA) is 50.3 Å². The molecule has 1 aromatic heterocycles. The van der Waals surface area contributed by atoms with E-state index in [0.717, 1.165) is 37.7 Å². The van der Waals surface area contributed by atoms with Gasteiger partial charge < -0.3 is 15.0 Å². The number of nitrogens with one attached hydrogen (secondary N) is 1. The number of rotatable bonds is 4. The monoisotopic (exact) mass is 288 g/mol. The second-order valence-corrected chi connectivity index (χ2v) is 4.82. The van der Waals surface area contributed by atoms with Crippen LogP contribution in [0.15, 0.2) is 36.5 Å². The van der Waals surface area contributed by atoms with E-state index in [1.165, 1.54) is 12.1 Å². The fraction of sp³-hybridized carbons (Fsp3) is 0.333. The molecule has 0 unspecified atom stereocenters. The molecule has 1 aromatic carbocycles. The Morgan fingerprint density at radius 3 is 2.67 bits per heavy atom. The largest absolute Gasteiger partial charge is 0.378 e. The van der Waals surface area contributed by atoms with Crippen molar-refractivity contribution in [1.29, 1.82) is 0 Å². The maximum absolute atomic E-state index is 12.8. The molecule has 110 valence electrons. The summed E-state index contributed by atoms with van der Waals surface area (Å²) in [6.07, 6.45) is 1.74. The molecule has 0 spiro atoms. The van der Waals surface area contributed by atoms with Crippen molar-refractivity contribution in [2.75, 3.05) is 36.5 Å². The van der Waals surface area contributed by atoms with Crippen LogP contribution < -0.4 is 10.2 Å². The number of hydrogen-bond acceptors (Lipinski definition) is 5. The van der Waals surface area contributed by atoms with Crippen molar-refractivity contribution in [3.63, 3.8) is 0 Å². The minimum Gasteiger partial charge on any atom is -0.378 e. The van der Waals surface area contributed by atoms with Gasteiger partial charge in [-0.1, -0.05) is 12.1 Å². The number of morpholine rings is 1. The van der Waals surface area contributed by atoms with E-state index in [9.17, 15) is 4.39 Å². The fourth-order valence-corrected chi connectivity index (χ4v) is 2.19. The molecule has 1 saturated heterocycles. The SMILES string of the molecule is Fc1ccc(CNc2nccc(N3CCOCC3)n2)cc1. The third kappa shape index (κ3) is 3.66. The minimum atomic E-state index is -0.232. The van der Waals surface area contributed by atoms with Crippen LogP contribution in [0.1, 0.15) is 5.56 Å². The highest BCUT2D eigenvalue weighted by Gasteiger charge is 2.12. The van der Waals surface area contributed by atoms with Gasteiger partial charge in [0.2, 0.25) is 5.95 Å². The van der Waals surface area contributed by atoms with Gasteiger partial charge in [0.05, 0.1) is 13.2 Å². The molecule has 6 heteroatoms. The summed E-state index contributed by atoms with van der Waals surface area (Å²) >= 11 is 0. The summed E-state index contributed by atoms with van der Waals surface area (Å²) in [5.74, 6) is 1.24. The van der Waals surface area contributed by atoms with Crippen LogP contribution in [0.5, 0.6) is 0 Å². The normalized spacial score (nSPS) is 15.0. The molecule has 5 nitrogen and oxygen atoms in total. The van der Waals surface area contributed by atoms with Gasteiger partial charge in [0.25, 0.3) is 0 Å². The van der Waals surface area contributed by atoms with Crippen LogP contribution in [0, 0.1) is 5.82 Å². The van der Waals surface area contributed by atoms with E-state index in [0.29, 0.717) is 12.5 Å². The first-order chi connectivity index (χ1) is 10.3. The van der Waals surface area contributed by atoms with Gasteiger partial charge in [-0.05, 0) is 23.8 Å². The molecule has 3 rings (SSSR count). The van der Waals surface area contributed by atoms with E-state index >= 15 is 0 Å². The van der Waals surface area contributed by atoms with Crippen molar-refractivity contribution in [2.45, 2.75) is 6.54 Å². The first-order valence-corrected chi connectivity index (χ1v) is 6.95. The van der Waals surface area contributed by atoms with Crippen LogP contribution in [-0.2, 0) is 11.3 Å². The highest BCUT2D eigenvalue weighted by atomic mass is 19.1. The van der Waals surface area contributed by atoms with Crippen molar-refractivity contribution in [3.8, 4) is 0 Å². The first-order valence-electron chi connectivity index (χ1n) is 6.95. The number of nitrogens with zero attached hydrogens (tertiary/aromatic N) is 3. The Morgan fingerprint density at radius 2 is 1.90 bits per heavy atom. The standard InChI is InChI=1S/C15H17FN4O/c16-13-3-1-12(2-4-13)11-18-15-17-6-5-14(19-15)20-7-9-21-10-8-20/h1-6H,7-11H2,(H,17,18,19). The van der Waals surface area contributed by atoms with E-state index in [2.05, 4.69) is 20.2 Å². The van der Waals surface area contributed by atoms with Crippen molar-refractivity contribution in [1.82, 2.24) is 9.97 Å². The maximum Gasteiger partial charge on any atom is 0.224 e. The predicted octanol–water partition coefficient (Wildman–Crippen LogP) is 2.06. The van der Waals surface area contributed by atoms with E-state index in [4.69, 9.17) is 4.74 Å². The molecule has 1 fully saturated rings. The molecule has 1 aliphatic heterocycles. The highest BCUT2D eigenvalue weighted by molar-refractivity contribution is 5.43.